The minimum Gasteiger partial charge on any atom is -0.310 e. The first-order valence-corrected chi connectivity index (χ1v) is 45.7. The smallest absolute Gasteiger partial charge is 0.0714 e. The summed E-state index contributed by atoms with van der Waals surface area (Å²) in [7, 11) is 0. The van der Waals surface area contributed by atoms with E-state index in [1.165, 1.54) is 184 Å². The first-order chi connectivity index (χ1) is 63.4. The van der Waals surface area contributed by atoms with Gasteiger partial charge in [-0.1, -0.05) is 376 Å². The third kappa shape index (κ3) is 13.0. The molecule has 0 bridgehead atoms. The lowest BCUT2D eigenvalue weighted by atomic mass is 9.67. The summed E-state index contributed by atoms with van der Waals surface area (Å²) in [4.78, 5) is 4.76. The Hall–Kier alpha value is -15.8. The highest BCUT2D eigenvalue weighted by molar-refractivity contribution is 7.26. The van der Waals surface area contributed by atoms with Gasteiger partial charge in [0.05, 0.1) is 10.8 Å². The van der Waals surface area contributed by atoms with Crippen LogP contribution in [0.25, 0.3) is 140 Å². The highest BCUT2D eigenvalue weighted by Crippen LogP contribution is 2.61. The predicted molar refractivity (Wildman–Crippen MR) is 545 cm³/mol. The molecule has 0 fully saturated rings. The van der Waals surface area contributed by atoms with E-state index in [1.54, 1.807) is 0 Å². The standard InChI is InChI=1S/C65H43NS.C59H39NS/c1-4-15-44(16-5-1)47-27-32-54(33-28-47)66(55-34-29-48(30-35-55)45-17-6-2-7-18-45)56-36-38-59-58-37-31-53(42-63(58)67-64(59)43-56)65(52-24-14-23-49(39-52)46-19-8-3-9-20-46)61-26-13-12-25-57(61)60-40-50-21-10-11-22-51(50)41-62(60)65;1-4-15-40(16-5-1)42-27-30-49(31-28-42)60(48-23-8-3-9-24-48)50-32-34-53-52-33-29-47(38-57(52)61-58(53)39-50)59(46-22-14-21-43(35-46)41-17-6-2-7-18-41)55-26-13-12-25-51(55)54-36-44-19-10-11-20-45(44)37-56(54)59/h1-43H;1-39H. The third-order valence-corrected chi connectivity index (χ3v) is 28.9. The Labute approximate surface area is 753 Å². The van der Waals surface area contributed by atoms with Crippen LogP contribution in [0.4, 0.5) is 34.1 Å². The molecule has 2 atom stereocenters. The first-order valence-electron chi connectivity index (χ1n) is 44.1. The average Bonchev–Trinajstić information content (AvgIpc) is 1.53. The second-order valence-electron chi connectivity index (χ2n) is 33.7. The van der Waals surface area contributed by atoms with Crippen LogP contribution in [0.3, 0.4) is 0 Å². The van der Waals surface area contributed by atoms with Crippen LogP contribution >= 0.6 is 22.7 Å². The zero-order valence-corrected chi connectivity index (χ0v) is 71.7. The maximum absolute atomic E-state index is 2.50. The van der Waals surface area contributed by atoms with Crippen LogP contribution in [0.15, 0.2) is 497 Å². The van der Waals surface area contributed by atoms with Crippen LogP contribution in [-0.4, -0.2) is 0 Å². The number of nitrogens with zero attached hydrogens (tertiary/aromatic N) is 2. The minimum atomic E-state index is -0.551. The number of thiophene rings is 2. The number of hydrogen-bond donors (Lipinski definition) is 0. The largest absolute Gasteiger partial charge is 0.310 e. The van der Waals surface area contributed by atoms with Gasteiger partial charge in [0.15, 0.2) is 0 Å². The molecule has 2 heterocycles. The number of hydrogen-bond acceptors (Lipinski definition) is 4. The molecule has 2 aromatic heterocycles. The van der Waals surface area contributed by atoms with E-state index < -0.39 is 10.8 Å². The van der Waals surface area contributed by atoms with Gasteiger partial charge in [-0.25, -0.2) is 0 Å². The van der Waals surface area contributed by atoms with Gasteiger partial charge in [-0.15, -0.1) is 22.7 Å². The molecule has 4 heteroatoms. The fourth-order valence-corrected chi connectivity index (χ4v) is 23.0. The molecule has 0 radical (unpaired) electrons. The Balaban J connectivity index is 0.000000143. The van der Waals surface area contributed by atoms with E-state index in [9.17, 15) is 0 Å². The second kappa shape index (κ2) is 31.7. The lowest BCUT2D eigenvalue weighted by Crippen LogP contribution is -2.28. The van der Waals surface area contributed by atoms with Crippen molar-refractivity contribution in [1.29, 1.82) is 0 Å². The Kier molecular flexibility index (Phi) is 18.8. The van der Waals surface area contributed by atoms with Crippen molar-refractivity contribution in [2.24, 2.45) is 0 Å². The number of fused-ring (bicyclic) bond motifs is 14. The van der Waals surface area contributed by atoms with E-state index in [2.05, 4.69) is 507 Å². The van der Waals surface area contributed by atoms with Crippen LogP contribution in [0.5, 0.6) is 0 Å². The monoisotopic (exact) mass is 1660 g/mol. The molecule has 0 aliphatic heterocycles. The molecule has 2 aliphatic carbocycles. The molecule has 0 saturated carbocycles. The summed E-state index contributed by atoms with van der Waals surface area (Å²) in [5.41, 5.74) is 33.4. The summed E-state index contributed by atoms with van der Waals surface area (Å²) in [5.74, 6) is 0. The summed E-state index contributed by atoms with van der Waals surface area (Å²) in [6, 6.07) is 184. The van der Waals surface area contributed by atoms with Gasteiger partial charge in [-0.05, 0) is 265 Å². The number of anilines is 6. The molecule has 0 saturated heterocycles. The van der Waals surface area contributed by atoms with Gasteiger partial charge >= 0.3 is 0 Å². The fraction of sp³-hybridized carbons (Fsp3) is 0.0161. The SMILES string of the molecule is c1ccc(-c2ccc(N(c3ccc(-c4ccccc4)cc3)c3ccc4c(c3)sc3cc(C5(c6cccc(-c7ccccc7)c6)c6ccccc6-c6cc7ccccc7cc65)ccc34)cc2)cc1.c1ccc(-c2ccc(N(c3ccccc3)c3ccc4c(c3)sc3cc(C5(c6cccc(-c7ccccc7)c6)c6ccccc6-c6cc7ccccc7cc65)ccc34)cc2)cc1. The molecule has 21 aromatic carbocycles. The molecule has 600 valence electrons. The molecule has 0 spiro atoms. The van der Waals surface area contributed by atoms with E-state index in [-0.39, 0.29) is 0 Å². The van der Waals surface area contributed by atoms with Crippen LogP contribution in [0, 0.1) is 0 Å². The zero-order valence-electron chi connectivity index (χ0n) is 70.1. The molecular formula is C124H82N2S2. The van der Waals surface area contributed by atoms with Crippen molar-refractivity contribution in [1.82, 2.24) is 0 Å². The van der Waals surface area contributed by atoms with Crippen LogP contribution in [0.1, 0.15) is 44.5 Å². The topological polar surface area (TPSA) is 6.48 Å². The van der Waals surface area contributed by atoms with Crippen molar-refractivity contribution in [3.05, 3.63) is 542 Å². The Morgan fingerprint density at radius 1 is 0.148 bits per heavy atom. The molecular weight excluding hydrogens is 1580 g/mol. The Morgan fingerprint density at radius 3 is 0.766 bits per heavy atom. The van der Waals surface area contributed by atoms with Crippen molar-refractivity contribution < 1.29 is 0 Å². The van der Waals surface area contributed by atoms with Gasteiger partial charge in [0.2, 0.25) is 0 Å². The summed E-state index contributed by atoms with van der Waals surface area (Å²) < 4.78 is 5.09. The van der Waals surface area contributed by atoms with Crippen LogP contribution in [-0.2, 0) is 10.8 Å². The molecule has 0 N–H and O–H groups in total. The van der Waals surface area contributed by atoms with E-state index in [1.807, 2.05) is 22.7 Å². The Bertz CT molecular complexity index is 8070. The van der Waals surface area contributed by atoms with Crippen LogP contribution in [0.2, 0.25) is 0 Å². The normalized spacial score (nSPS) is 14.2. The average molecular weight is 1660 g/mol. The number of rotatable bonds is 15. The van der Waals surface area contributed by atoms with Crippen molar-refractivity contribution >= 4 is 119 Å². The highest BCUT2D eigenvalue weighted by Gasteiger charge is 2.49. The van der Waals surface area contributed by atoms with E-state index in [0.29, 0.717) is 0 Å². The van der Waals surface area contributed by atoms with Gasteiger partial charge in [0, 0.05) is 74.5 Å². The van der Waals surface area contributed by atoms with Gasteiger partial charge < -0.3 is 9.80 Å². The zero-order chi connectivity index (χ0) is 84.6. The molecule has 2 unspecified atom stereocenters. The lowest BCUT2D eigenvalue weighted by molar-refractivity contribution is 0.771. The summed E-state index contributed by atoms with van der Waals surface area (Å²) >= 11 is 3.78. The van der Waals surface area contributed by atoms with E-state index in [4.69, 9.17) is 0 Å². The predicted octanol–water partition coefficient (Wildman–Crippen LogP) is 34.4. The Morgan fingerprint density at radius 2 is 0.406 bits per heavy atom. The lowest BCUT2D eigenvalue weighted by Gasteiger charge is -2.34. The highest BCUT2D eigenvalue weighted by atomic mass is 32.1. The minimum absolute atomic E-state index is 0.535. The van der Waals surface area contributed by atoms with Gasteiger partial charge in [-0.2, -0.15) is 0 Å². The molecule has 2 nitrogen and oxygen atoms in total. The van der Waals surface area contributed by atoms with Crippen molar-refractivity contribution in [3.8, 4) is 77.9 Å². The van der Waals surface area contributed by atoms with E-state index in [0.717, 1.165) is 34.1 Å². The molecule has 23 aromatic rings. The van der Waals surface area contributed by atoms with Crippen molar-refractivity contribution in [2.45, 2.75) is 10.8 Å². The summed E-state index contributed by atoms with van der Waals surface area (Å²) in [6.07, 6.45) is 0. The molecule has 128 heavy (non-hydrogen) atoms. The quantitative estimate of drug-likeness (QED) is 0.101. The summed E-state index contributed by atoms with van der Waals surface area (Å²) in [6.45, 7) is 0. The van der Waals surface area contributed by atoms with Crippen molar-refractivity contribution in [2.75, 3.05) is 9.80 Å². The molecule has 2 aliphatic rings. The van der Waals surface area contributed by atoms with Crippen LogP contribution < -0.4 is 9.80 Å². The second-order valence-corrected chi connectivity index (χ2v) is 35.9. The maximum atomic E-state index is 2.50. The number of para-hydroxylation sites is 1. The van der Waals surface area contributed by atoms with Gasteiger partial charge in [0.25, 0.3) is 0 Å². The summed E-state index contributed by atoms with van der Waals surface area (Å²) in [5, 5.41) is 10.1. The first kappa shape index (κ1) is 75.9. The third-order valence-electron chi connectivity index (χ3n) is 26.6. The molecule has 25 rings (SSSR count). The molecule has 0 amide bonds. The fourth-order valence-electron chi connectivity index (χ4n) is 20.7. The maximum Gasteiger partial charge on any atom is 0.0714 e. The van der Waals surface area contributed by atoms with E-state index >= 15 is 0 Å². The van der Waals surface area contributed by atoms with Gasteiger partial charge in [0.1, 0.15) is 0 Å². The number of benzene rings is 21. The van der Waals surface area contributed by atoms with Gasteiger partial charge in [-0.3, -0.25) is 0 Å². The van der Waals surface area contributed by atoms with Crippen molar-refractivity contribution in [3.63, 3.8) is 0 Å².